The molecule has 4 rings (SSSR count). The third-order valence-corrected chi connectivity index (χ3v) is 81.1. The Hall–Kier alpha value is 1.21. The molecule has 0 aliphatic heterocycles. The van der Waals surface area contributed by atoms with E-state index in [4.69, 9.17) is 36.7 Å². The summed E-state index contributed by atoms with van der Waals surface area (Å²) in [5, 5.41) is 8.89. The van der Waals surface area contributed by atoms with E-state index in [9.17, 15) is 0 Å². The van der Waals surface area contributed by atoms with Crippen LogP contribution in [-0.2, 0) is 4.79 Å². The molecule has 0 fully saturated rings. The molecule has 4 aromatic rings. The van der Waals surface area contributed by atoms with Gasteiger partial charge in [-0.3, -0.25) is 0 Å². The van der Waals surface area contributed by atoms with Crippen LogP contribution in [-0.4, -0.2) is 95.9 Å². The Morgan fingerprint density at radius 1 is 0.333 bits per heavy atom. The van der Waals surface area contributed by atoms with E-state index in [1.807, 2.05) is 0 Å². The van der Waals surface area contributed by atoms with Crippen molar-refractivity contribution in [3.63, 3.8) is 0 Å². The molecule has 0 aliphatic rings. The van der Waals surface area contributed by atoms with E-state index >= 15 is 0 Å². The Morgan fingerprint density at radius 2 is 0.524 bits per heavy atom. The second kappa shape index (κ2) is 59.2. The zero-order valence-corrected chi connectivity index (χ0v) is 73.5. The molecule has 0 heterocycles. The number of hydrogen-bond acceptors (Lipinski definition) is 2. The number of rotatable bonds is 40. The van der Waals surface area contributed by atoms with E-state index in [2.05, 4.69) is 204 Å². The van der Waals surface area contributed by atoms with Gasteiger partial charge in [-0.15, -0.1) is 0 Å². The summed E-state index contributed by atoms with van der Waals surface area (Å²) in [6.07, 6.45) is 33.7. The van der Waals surface area contributed by atoms with E-state index in [1.165, 1.54) is 182 Å². The molecule has 480 valence electrons. The Kier molecular flexibility index (Phi) is 61.6. The molecule has 4 aromatic carbocycles. The van der Waals surface area contributed by atoms with Crippen molar-refractivity contribution in [1.82, 2.24) is 0 Å². The summed E-state index contributed by atoms with van der Waals surface area (Å²) in [7, 11) is 19.4. The minimum absolute atomic E-state index is 0.839. The van der Waals surface area contributed by atoms with Gasteiger partial charge in [-0.25, -0.2) is 0 Å². The maximum atomic E-state index is 8.89. The zero-order valence-electron chi connectivity index (χ0n) is 57.0. The van der Waals surface area contributed by atoms with Crippen molar-refractivity contribution >= 4 is 137 Å². The van der Waals surface area contributed by atoms with Crippen molar-refractivity contribution in [1.29, 1.82) is 0 Å². The molecule has 0 atom stereocenters. The van der Waals surface area contributed by atoms with Gasteiger partial charge >= 0.3 is 543 Å². The molecule has 0 amide bonds. The number of aliphatic carboxylic acids is 1. The predicted octanol–water partition coefficient (Wildman–Crippen LogP) is 23.4. The number of hydrogen-bond donors (Lipinski definition) is 0. The van der Waals surface area contributed by atoms with Crippen LogP contribution in [0.2, 0.25) is 53.2 Å². The van der Waals surface area contributed by atoms with Gasteiger partial charge in [0.15, 0.2) is 0 Å². The van der Waals surface area contributed by atoms with Gasteiger partial charge in [0.05, 0.1) is 0 Å². The molecule has 2 nitrogen and oxygen atoms in total. The summed E-state index contributed by atoms with van der Waals surface area (Å²) in [5.74, 6) is -1.08. The predicted molar refractivity (Wildman–Crippen MR) is 398 cm³/mol. The Morgan fingerprint density at radius 3 is 0.726 bits per heavy atom. The second-order valence-corrected chi connectivity index (χ2v) is 92.9. The fourth-order valence-electron chi connectivity index (χ4n) is 11.2. The van der Waals surface area contributed by atoms with E-state index in [0.717, 1.165) is 15.8 Å². The van der Waals surface area contributed by atoms with Crippen molar-refractivity contribution in [2.45, 2.75) is 297 Å². The van der Waals surface area contributed by atoms with Gasteiger partial charge in [0.25, 0.3) is 0 Å². The van der Waals surface area contributed by atoms with Crippen molar-refractivity contribution in [2.24, 2.45) is 0 Å². The molecular weight excluding hydrogens is 1620 g/mol. The van der Waals surface area contributed by atoms with Crippen LogP contribution in [0.5, 0.6) is 0 Å². The first-order valence-electron chi connectivity index (χ1n) is 34.8. The van der Waals surface area contributed by atoms with Gasteiger partial charge in [-0.05, 0) is 6.92 Å². The molecular formula is C74H131Cl3O2Sn5. The van der Waals surface area contributed by atoms with Crippen LogP contribution in [0, 0.1) is 0 Å². The van der Waals surface area contributed by atoms with Crippen LogP contribution in [0.4, 0.5) is 0 Å². The van der Waals surface area contributed by atoms with Crippen LogP contribution in [0.3, 0.4) is 0 Å². The average Bonchev–Trinajstić information content (AvgIpc) is 1.13. The molecule has 0 N–H and O–H groups in total. The number of carboxylic acid groups (broad SMARTS) is 1. The van der Waals surface area contributed by atoms with E-state index in [1.54, 1.807) is 31.1 Å². The SMILES string of the molecule is CC(=O)[O-].CCC[CH2][Sn+]([CH2]CCC)[CH2]CCC.CCC[CH2][Sn]([CH2]CCC)([CH2]CCC)[CH2]CCC.CCC[CH2][Sn]([Cl])([CH2]CCC)[CH2]CCC.CCC[CH2][Sn]([Cl])([Cl])[CH2]CCC.c1cc[c]([Sn]([c]2ccccc2)([c]2ccccc2)[c]2ccccc2)cc1. The van der Waals surface area contributed by atoms with Gasteiger partial charge in [0.1, 0.15) is 0 Å². The molecule has 0 spiro atoms. The average molecular weight is 1750 g/mol. The number of unbranched alkanes of at least 4 members (excludes halogenated alkanes) is 12. The molecule has 0 unspecified atom stereocenters. The zero-order chi connectivity index (χ0) is 63.1. The monoisotopic (exact) mass is 1760 g/mol. The van der Waals surface area contributed by atoms with Crippen molar-refractivity contribution < 1.29 is 9.90 Å². The third-order valence-electron chi connectivity index (χ3n) is 16.4. The van der Waals surface area contributed by atoms with Crippen molar-refractivity contribution in [2.75, 3.05) is 0 Å². The number of halogens is 3. The molecule has 0 saturated carbocycles. The Bertz CT molecular complexity index is 1740. The van der Waals surface area contributed by atoms with Crippen LogP contribution < -0.4 is 19.4 Å². The standard InChI is InChI=1S/4C6H5.12C4H9.C2H4O2.3ClH.5Sn/c4*1-2-4-6-5-3-1;12*1-3-4-2;1-2(3)4;;;;;;;;/h4*1-5H;12*1,3-4H2,2H3;1H3,(H,3,4);3*1H;;;;;/q;;;;;;;;;;;;;;;;;;;;;;2*+1;+2/p-4. The van der Waals surface area contributed by atoms with Gasteiger partial charge in [-0.1, -0.05) is 0 Å². The first-order chi connectivity index (χ1) is 40.5. The van der Waals surface area contributed by atoms with Crippen LogP contribution in [0.1, 0.15) is 244 Å². The first-order valence-corrected chi connectivity index (χ1v) is 75.6. The molecule has 10 heteroatoms. The van der Waals surface area contributed by atoms with Crippen LogP contribution in [0.25, 0.3) is 0 Å². The summed E-state index contributed by atoms with van der Waals surface area (Å²) >= 11 is -10.4. The molecule has 84 heavy (non-hydrogen) atoms. The van der Waals surface area contributed by atoms with Gasteiger partial charge in [0.2, 0.25) is 0 Å². The van der Waals surface area contributed by atoms with Crippen LogP contribution >= 0.6 is 26.8 Å². The summed E-state index contributed by atoms with van der Waals surface area (Å²) in [4.78, 5) is 8.89. The van der Waals surface area contributed by atoms with Crippen LogP contribution in [0.15, 0.2) is 121 Å². The number of carbonyl (C=O) groups is 1. The topological polar surface area (TPSA) is 40.1 Å². The van der Waals surface area contributed by atoms with Crippen molar-refractivity contribution in [3.05, 3.63) is 121 Å². The number of carbonyl (C=O) groups excluding carboxylic acids is 1. The summed E-state index contributed by atoms with van der Waals surface area (Å²) in [6.45, 7) is 28.7. The third kappa shape index (κ3) is 43.1. The van der Waals surface area contributed by atoms with Crippen molar-refractivity contribution in [3.8, 4) is 0 Å². The normalized spacial score (nSPS) is 11.2. The number of benzene rings is 4. The van der Waals surface area contributed by atoms with E-state index in [-0.39, 0.29) is 0 Å². The summed E-state index contributed by atoms with van der Waals surface area (Å²) in [6, 6.07) is 44.4. The van der Waals surface area contributed by atoms with Gasteiger partial charge in [-0.2, -0.15) is 0 Å². The van der Waals surface area contributed by atoms with E-state index in [0.29, 0.717) is 0 Å². The Balaban J connectivity index is 0. The van der Waals surface area contributed by atoms with Gasteiger partial charge < -0.3 is 9.90 Å². The molecule has 0 radical (unpaired) electrons. The van der Waals surface area contributed by atoms with E-state index < -0.39 is 95.9 Å². The fraction of sp³-hybridized carbons (Fsp3) is 0.662. The molecule has 0 bridgehead atoms. The Labute approximate surface area is 558 Å². The maximum absolute atomic E-state index is 8.89. The second-order valence-electron chi connectivity index (χ2n) is 24.2. The van der Waals surface area contributed by atoms with Gasteiger partial charge in [0, 0.05) is 5.97 Å². The summed E-state index contributed by atoms with van der Waals surface area (Å²) in [5.41, 5.74) is 0. The number of carboxylic acids is 1. The quantitative estimate of drug-likeness (QED) is 0.0417. The fourth-order valence-corrected chi connectivity index (χ4v) is 73.7. The molecule has 0 saturated heterocycles. The first kappa shape index (κ1) is 87.3. The molecule has 0 aromatic heterocycles. The minimum atomic E-state index is -3.31. The molecule has 0 aliphatic carbocycles. The summed E-state index contributed by atoms with van der Waals surface area (Å²) < 4.78 is 24.3.